The van der Waals surface area contributed by atoms with Crippen LogP contribution in [0, 0.1) is 6.92 Å². The summed E-state index contributed by atoms with van der Waals surface area (Å²) < 4.78 is 0. The first-order valence-corrected chi connectivity index (χ1v) is 5.60. The SMILES string of the molecule is Cc1cc(NC2(C)CCNCC2)ccn1. The second-order valence-electron chi connectivity index (χ2n) is 4.62. The molecule has 0 unspecified atom stereocenters. The predicted octanol–water partition coefficient (Wildman–Crippen LogP) is 1.94. The highest BCUT2D eigenvalue weighted by molar-refractivity contribution is 5.45. The van der Waals surface area contributed by atoms with Crippen LogP contribution < -0.4 is 10.6 Å². The highest BCUT2D eigenvalue weighted by Gasteiger charge is 2.25. The number of anilines is 1. The van der Waals surface area contributed by atoms with Gasteiger partial charge in [0.1, 0.15) is 0 Å². The van der Waals surface area contributed by atoms with Crippen LogP contribution in [0.2, 0.25) is 0 Å². The van der Waals surface area contributed by atoms with Gasteiger partial charge in [-0.3, -0.25) is 4.98 Å². The molecule has 2 N–H and O–H groups in total. The summed E-state index contributed by atoms with van der Waals surface area (Å²) in [5, 5.41) is 7.00. The van der Waals surface area contributed by atoms with Gasteiger partial charge in [0.25, 0.3) is 0 Å². The molecule has 2 rings (SSSR count). The lowest BCUT2D eigenvalue weighted by atomic mass is 9.90. The highest BCUT2D eigenvalue weighted by atomic mass is 15.0. The first-order valence-electron chi connectivity index (χ1n) is 5.60. The summed E-state index contributed by atoms with van der Waals surface area (Å²) in [7, 11) is 0. The molecular weight excluding hydrogens is 186 g/mol. The molecule has 0 radical (unpaired) electrons. The van der Waals surface area contributed by atoms with Crippen LogP contribution in [-0.2, 0) is 0 Å². The average Bonchev–Trinajstić information content (AvgIpc) is 2.18. The van der Waals surface area contributed by atoms with E-state index in [-0.39, 0.29) is 5.54 Å². The lowest BCUT2D eigenvalue weighted by molar-refractivity contribution is 0.365. The molecule has 2 heterocycles. The molecule has 1 aliphatic heterocycles. The monoisotopic (exact) mass is 205 g/mol. The van der Waals surface area contributed by atoms with Crippen molar-refractivity contribution in [3.63, 3.8) is 0 Å². The van der Waals surface area contributed by atoms with Gasteiger partial charge < -0.3 is 10.6 Å². The van der Waals surface area contributed by atoms with E-state index in [1.807, 2.05) is 19.2 Å². The fourth-order valence-corrected chi connectivity index (χ4v) is 2.08. The Morgan fingerprint density at radius 3 is 2.80 bits per heavy atom. The summed E-state index contributed by atoms with van der Waals surface area (Å²) >= 11 is 0. The molecule has 3 heteroatoms. The molecule has 0 amide bonds. The number of hydrogen-bond donors (Lipinski definition) is 2. The Bertz CT molecular complexity index is 329. The third kappa shape index (κ3) is 2.69. The van der Waals surface area contributed by atoms with Gasteiger partial charge in [0.2, 0.25) is 0 Å². The Hall–Kier alpha value is -1.09. The number of piperidine rings is 1. The number of pyridine rings is 1. The van der Waals surface area contributed by atoms with Gasteiger partial charge in [0, 0.05) is 23.1 Å². The van der Waals surface area contributed by atoms with E-state index in [0.717, 1.165) is 18.8 Å². The summed E-state index contributed by atoms with van der Waals surface area (Å²) in [5.41, 5.74) is 2.49. The van der Waals surface area contributed by atoms with Crippen LogP contribution in [0.25, 0.3) is 0 Å². The van der Waals surface area contributed by atoms with E-state index in [4.69, 9.17) is 0 Å². The van der Waals surface area contributed by atoms with Crippen molar-refractivity contribution in [2.75, 3.05) is 18.4 Å². The van der Waals surface area contributed by atoms with Crippen LogP contribution in [-0.4, -0.2) is 23.6 Å². The fourth-order valence-electron chi connectivity index (χ4n) is 2.08. The zero-order chi connectivity index (χ0) is 10.7. The Morgan fingerprint density at radius 1 is 1.40 bits per heavy atom. The summed E-state index contributed by atoms with van der Waals surface area (Å²) in [5.74, 6) is 0. The van der Waals surface area contributed by atoms with E-state index in [0.29, 0.717) is 0 Å². The van der Waals surface area contributed by atoms with Crippen LogP contribution >= 0.6 is 0 Å². The van der Waals surface area contributed by atoms with E-state index < -0.39 is 0 Å². The molecule has 0 bridgehead atoms. The van der Waals surface area contributed by atoms with Crippen molar-refractivity contribution < 1.29 is 0 Å². The lowest BCUT2D eigenvalue weighted by Crippen LogP contribution is -2.45. The maximum Gasteiger partial charge on any atom is 0.0393 e. The van der Waals surface area contributed by atoms with E-state index in [9.17, 15) is 0 Å². The first-order chi connectivity index (χ1) is 7.18. The van der Waals surface area contributed by atoms with Gasteiger partial charge in [0.15, 0.2) is 0 Å². The number of hydrogen-bond acceptors (Lipinski definition) is 3. The molecular formula is C12H19N3. The summed E-state index contributed by atoms with van der Waals surface area (Å²) in [6, 6.07) is 4.15. The maximum atomic E-state index is 4.20. The Morgan fingerprint density at radius 2 is 2.13 bits per heavy atom. The van der Waals surface area contributed by atoms with Crippen molar-refractivity contribution in [1.82, 2.24) is 10.3 Å². The van der Waals surface area contributed by atoms with Crippen LogP contribution in [0.5, 0.6) is 0 Å². The zero-order valence-electron chi connectivity index (χ0n) is 9.51. The molecule has 0 aromatic carbocycles. The first kappa shape index (κ1) is 10.4. The molecule has 82 valence electrons. The predicted molar refractivity (Wildman–Crippen MR) is 63.1 cm³/mol. The van der Waals surface area contributed by atoms with Gasteiger partial charge in [-0.25, -0.2) is 0 Å². The summed E-state index contributed by atoms with van der Waals surface area (Å²) in [4.78, 5) is 4.20. The number of aryl methyl sites for hydroxylation is 1. The molecule has 1 aromatic heterocycles. The van der Waals surface area contributed by atoms with Gasteiger partial charge in [-0.1, -0.05) is 0 Å². The van der Waals surface area contributed by atoms with Gasteiger partial charge in [-0.05, 0) is 51.9 Å². The quantitative estimate of drug-likeness (QED) is 0.775. The molecule has 0 aliphatic carbocycles. The number of nitrogens with zero attached hydrogens (tertiary/aromatic N) is 1. The lowest BCUT2D eigenvalue weighted by Gasteiger charge is -2.36. The Balaban J connectivity index is 2.06. The van der Waals surface area contributed by atoms with Crippen molar-refractivity contribution in [3.05, 3.63) is 24.0 Å². The van der Waals surface area contributed by atoms with Gasteiger partial charge in [0.05, 0.1) is 0 Å². The van der Waals surface area contributed by atoms with Crippen molar-refractivity contribution in [1.29, 1.82) is 0 Å². The second-order valence-corrected chi connectivity index (χ2v) is 4.62. The topological polar surface area (TPSA) is 37.0 Å². The summed E-state index contributed by atoms with van der Waals surface area (Å²) in [6.07, 6.45) is 4.21. The van der Waals surface area contributed by atoms with Crippen molar-refractivity contribution in [2.24, 2.45) is 0 Å². The van der Waals surface area contributed by atoms with Crippen LogP contribution in [0.4, 0.5) is 5.69 Å². The second kappa shape index (κ2) is 4.19. The zero-order valence-corrected chi connectivity index (χ0v) is 9.51. The van der Waals surface area contributed by atoms with Crippen LogP contribution in [0.3, 0.4) is 0 Å². The highest BCUT2D eigenvalue weighted by Crippen LogP contribution is 2.23. The normalized spacial score (nSPS) is 19.9. The molecule has 3 nitrogen and oxygen atoms in total. The van der Waals surface area contributed by atoms with Crippen LogP contribution in [0.1, 0.15) is 25.5 Å². The molecule has 15 heavy (non-hydrogen) atoms. The third-order valence-corrected chi connectivity index (χ3v) is 3.05. The van der Waals surface area contributed by atoms with E-state index in [1.165, 1.54) is 18.5 Å². The third-order valence-electron chi connectivity index (χ3n) is 3.05. The molecule has 0 spiro atoms. The number of nitrogens with one attached hydrogen (secondary N) is 2. The summed E-state index contributed by atoms with van der Waals surface area (Å²) in [6.45, 7) is 6.53. The Labute approximate surface area is 91.3 Å². The standard InChI is InChI=1S/C12H19N3/c1-10-9-11(3-6-14-10)15-12(2)4-7-13-8-5-12/h3,6,9,13H,4-5,7-8H2,1-2H3,(H,14,15). The minimum absolute atomic E-state index is 0.235. The van der Waals surface area contributed by atoms with Crippen molar-refractivity contribution in [3.8, 4) is 0 Å². The van der Waals surface area contributed by atoms with E-state index >= 15 is 0 Å². The van der Waals surface area contributed by atoms with Gasteiger partial charge in [-0.15, -0.1) is 0 Å². The molecule has 0 atom stereocenters. The fraction of sp³-hybridized carbons (Fsp3) is 0.583. The smallest absolute Gasteiger partial charge is 0.0393 e. The van der Waals surface area contributed by atoms with Crippen LogP contribution in [0.15, 0.2) is 18.3 Å². The maximum absolute atomic E-state index is 4.20. The van der Waals surface area contributed by atoms with Crippen molar-refractivity contribution >= 4 is 5.69 Å². The van der Waals surface area contributed by atoms with Gasteiger partial charge >= 0.3 is 0 Å². The molecule has 1 aromatic rings. The largest absolute Gasteiger partial charge is 0.380 e. The minimum atomic E-state index is 0.235. The van der Waals surface area contributed by atoms with E-state index in [2.05, 4.69) is 28.6 Å². The molecule has 1 saturated heterocycles. The number of rotatable bonds is 2. The van der Waals surface area contributed by atoms with Crippen molar-refractivity contribution in [2.45, 2.75) is 32.2 Å². The molecule has 0 saturated carbocycles. The minimum Gasteiger partial charge on any atom is -0.380 e. The average molecular weight is 205 g/mol. The molecule has 1 aliphatic rings. The van der Waals surface area contributed by atoms with E-state index in [1.54, 1.807) is 0 Å². The Kier molecular flexibility index (Phi) is 2.91. The molecule has 1 fully saturated rings. The van der Waals surface area contributed by atoms with Gasteiger partial charge in [-0.2, -0.15) is 0 Å². The number of aromatic nitrogens is 1.